The van der Waals surface area contributed by atoms with Crippen LogP contribution in [0.25, 0.3) is 0 Å². The predicted molar refractivity (Wildman–Crippen MR) is 77.1 cm³/mol. The molecular formula is C16H18FN3O. The fourth-order valence-corrected chi connectivity index (χ4v) is 2.84. The molecule has 2 N–H and O–H groups in total. The molecule has 1 aliphatic rings. The van der Waals surface area contributed by atoms with Gasteiger partial charge in [-0.2, -0.15) is 5.10 Å². The SMILES string of the molecule is Cc1[nH]ncc1CNC(=O)C1(c2ccc(F)cc2)CCC1. The van der Waals surface area contributed by atoms with E-state index in [1.54, 1.807) is 18.3 Å². The van der Waals surface area contributed by atoms with Crippen molar-refractivity contribution < 1.29 is 9.18 Å². The molecule has 110 valence electrons. The van der Waals surface area contributed by atoms with Crippen molar-refractivity contribution in [1.82, 2.24) is 15.5 Å². The number of H-pyrrole nitrogens is 1. The summed E-state index contributed by atoms with van der Waals surface area (Å²) in [7, 11) is 0. The van der Waals surface area contributed by atoms with E-state index in [2.05, 4.69) is 15.5 Å². The Morgan fingerprint density at radius 3 is 2.62 bits per heavy atom. The lowest BCUT2D eigenvalue weighted by molar-refractivity contribution is -0.130. The summed E-state index contributed by atoms with van der Waals surface area (Å²) in [5.41, 5.74) is 2.35. The van der Waals surface area contributed by atoms with Gasteiger partial charge in [-0.05, 0) is 37.5 Å². The van der Waals surface area contributed by atoms with Crippen LogP contribution in [0, 0.1) is 12.7 Å². The number of carbonyl (C=O) groups excluding carboxylic acids is 1. The van der Waals surface area contributed by atoms with Gasteiger partial charge < -0.3 is 5.32 Å². The Morgan fingerprint density at radius 2 is 2.10 bits per heavy atom. The second kappa shape index (κ2) is 5.31. The van der Waals surface area contributed by atoms with Crippen LogP contribution in [-0.4, -0.2) is 16.1 Å². The van der Waals surface area contributed by atoms with Crippen LogP contribution in [0.1, 0.15) is 36.1 Å². The van der Waals surface area contributed by atoms with Gasteiger partial charge in [-0.15, -0.1) is 0 Å². The Bertz CT molecular complexity index is 644. The molecule has 2 aromatic rings. The van der Waals surface area contributed by atoms with Gasteiger partial charge in [-0.25, -0.2) is 4.39 Å². The number of hydrogen-bond acceptors (Lipinski definition) is 2. The fourth-order valence-electron chi connectivity index (χ4n) is 2.84. The van der Waals surface area contributed by atoms with E-state index < -0.39 is 5.41 Å². The summed E-state index contributed by atoms with van der Waals surface area (Å²) in [5, 5.41) is 9.79. The van der Waals surface area contributed by atoms with E-state index >= 15 is 0 Å². The van der Waals surface area contributed by atoms with E-state index in [-0.39, 0.29) is 11.7 Å². The van der Waals surface area contributed by atoms with Gasteiger partial charge in [-0.1, -0.05) is 18.6 Å². The zero-order chi connectivity index (χ0) is 14.9. The first-order valence-electron chi connectivity index (χ1n) is 7.15. The standard InChI is InChI=1S/C16H18FN3O/c1-11-12(10-19-20-11)9-18-15(21)16(7-2-8-16)13-3-5-14(17)6-4-13/h3-6,10H,2,7-9H2,1H3,(H,18,21)(H,19,20). The van der Waals surface area contributed by atoms with Crippen molar-refractivity contribution in [3.05, 3.63) is 53.1 Å². The summed E-state index contributed by atoms with van der Waals surface area (Å²) < 4.78 is 13.1. The van der Waals surface area contributed by atoms with E-state index in [1.165, 1.54) is 12.1 Å². The first-order valence-corrected chi connectivity index (χ1v) is 7.15. The number of amides is 1. The molecule has 0 aliphatic heterocycles. The number of rotatable bonds is 4. The third kappa shape index (κ3) is 2.44. The number of hydrogen-bond donors (Lipinski definition) is 2. The number of aromatic amines is 1. The molecule has 1 aromatic heterocycles. The highest BCUT2D eigenvalue weighted by Gasteiger charge is 2.45. The van der Waals surface area contributed by atoms with Crippen molar-refractivity contribution >= 4 is 5.91 Å². The number of nitrogens with zero attached hydrogens (tertiary/aromatic N) is 1. The summed E-state index contributed by atoms with van der Waals surface area (Å²) in [4.78, 5) is 12.6. The van der Waals surface area contributed by atoms with Crippen LogP contribution >= 0.6 is 0 Å². The average molecular weight is 287 g/mol. The molecule has 1 fully saturated rings. The minimum atomic E-state index is -0.495. The monoisotopic (exact) mass is 287 g/mol. The summed E-state index contributed by atoms with van der Waals surface area (Å²) in [6, 6.07) is 6.28. The molecular weight excluding hydrogens is 269 g/mol. The van der Waals surface area contributed by atoms with Crippen molar-refractivity contribution in [2.24, 2.45) is 0 Å². The molecule has 21 heavy (non-hydrogen) atoms. The maximum atomic E-state index is 13.1. The second-order valence-corrected chi connectivity index (χ2v) is 5.65. The first-order chi connectivity index (χ1) is 10.1. The van der Waals surface area contributed by atoms with Gasteiger partial charge in [0, 0.05) is 17.8 Å². The zero-order valence-corrected chi connectivity index (χ0v) is 11.9. The van der Waals surface area contributed by atoms with Crippen LogP contribution < -0.4 is 5.32 Å². The first kappa shape index (κ1) is 13.8. The second-order valence-electron chi connectivity index (χ2n) is 5.65. The third-order valence-electron chi connectivity index (χ3n) is 4.41. The largest absolute Gasteiger partial charge is 0.351 e. The number of aryl methyl sites for hydroxylation is 1. The highest BCUT2D eigenvalue weighted by molar-refractivity contribution is 5.89. The molecule has 1 aliphatic carbocycles. The van der Waals surface area contributed by atoms with Crippen LogP contribution in [0.3, 0.4) is 0 Å². The smallest absolute Gasteiger partial charge is 0.230 e. The molecule has 0 radical (unpaired) electrons. The average Bonchev–Trinajstić information content (AvgIpc) is 2.83. The summed E-state index contributed by atoms with van der Waals surface area (Å²) in [6.07, 6.45) is 4.38. The van der Waals surface area contributed by atoms with E-state index in [1.807, 2.05) is 6.92 Å². The van der Waals surface area contributed by atoms with E-state index in [0.29, 0.717) is 6.54 Å². The molecule has 0 atom stereocenters. The molecule has 0 spiro atoms. The molecule has 1 aromatic carbocycles. The predicted octanol–water partition coefficient (Wildman–Crippen LogP) is 2.60. The van der Waals surface area contributed by atoms with Crippen LogP contribution in [0.15, 0.2) is 30.5 Å². The van der Waals surface area contributed by atoms with Gasteiger partial charge in [0.05, 0.1) is 11.6 Å². The molecule has 5 heteroatoms. The Kier molecular flexibility index (Phi) is 3.49. The lowest BCUT2D eigenvalue weighted by atomic mass is 9.64. The Morgan fingerprint density at radius 1 is 1.38 bits per heavy atom. The quantitative estimate of drug-likeness (QED) is 0.908. The Hall–Kier alpha value is -2.17. The zero-order valence-electron chi connectivity index (χ0n) is 11.9. The van der Waals surface area contributed by atoms with Crippen LogP contribution in [0.5, 0.6) is 0 Å². The van der Waals surface area contributed by atoms with Gasteiger partial charge in [0.1, 0.15) is 5.82 Å². The topological polar surface area (TPSA) is 57.8 Å². The minimum absolute atomic E-state index is 0.0148. The maximum absolute atomic E-state index is 13.1. The lowest BCUT2D eigenvalue weighted by Crippen LogP contribution is -2.49. The van der Waals surface area contributed by atoms with Crippen molar-refractivity contribution in [2.45, 2.75) is 38.1 Å². The molecule has 3 rings (SSSR count). The summed E-state index contributed by atoms with van der Waals surface area (Å²) >= 11 is 0. The molecule has 0 saturated heterocycles. The number of halogens is 1. The molecule has 1 amide bonds. The summed E-state index contributed by atoms with van der Waals surface area (Å²) in [6.45, 7) is 2.39. The Labute approximate surface area is 122 Å². The number of aromatic nitrogens is 2. The molecule has 0 unspecified atom stereocenters. The minimum Gasteiger partial charge on any atom is -0.351 e. The van der Waals surface area contributed by atoms with Crippen LogP contribution in [-0.2, 0) is 16.8 Å². The number of benzene rings is 1. The molecule has 0 bridgehead atoms. The van der Waals surface area contributed by atoms with Crippen molar-refractivity contribution in [3.63, 3.8) is 0 Å². The van der Waals surface area contributed by atoms with Crippen LogP contribution in [0.2, 0.25) is 0 Å². The van der Waals surface area contributed by atoms with Crippen molar-refractivity contribution in [2.75, 3.05) is 0 Å². The lowest BCUT2D eigenvalue weighted by Gasteiger charge is -2.40. The number of carbonyl (C=O) groups is 1. The van der Waals surface area contributed by atoms with E-state index in [0.717, 1.165) is 36.1 Å². The van der Waals surface area contributed by atoms with Gasteiger partial charge in [0.2, 0.25) is 5.91 Å². The van der Waals surface area contributed by atoms with Gasteiger partial charge in [0.15, 0.2) is 0 Å². The maximum Gasteiger partial charge on any atom is 0.230 e. The highest BCUT2D eigenvalue weighted by Crippen LogP contribution is 2.44. The molecule has 1 saturated carbocycles. The summed E-state index contributed by atoms with van der Waals surface area (Å²) in [5.74, 6) is -0.261. The highest BCUT2D eigenvalue weighted by atomic mass is 19.1. The van der Waals surface area contributed by atoms with Gasteiger partial charge in [0.25, 0.3) is 0 Å². The molecule has 4 nitrogen and oxygen atoms in total. The van der Waals surface area contributed by atoms with Crippen molar-refractivity contribution in [3.8, 4) is 0 Å². The normalized spacial score (nSPS) is 16.3. The Balaban J connectivity index is 1.75. The van der Waals surface area contributed by atoms with E-state index in [4.69, 9.17) is 0 Å². The third-order valence-corrected chi connectivity index (χ3v) is 4.41. The fraction of sp³-hybridized carbons (Fsp3) is 0.375. The molecule has 1 heterocycles. The van der Waals surface area contributed by atoms with Gasteiger partial charge in [-0.3, -0.25) is 9.89 Å². The van der Waals surface area contributed by atoms with E-state index in [9.17, 15) is 9.18 Å². The van der Waals surface area contributed by atoms with Crippen molar-refractivity contribution in [1.29, 1.82) is 0 Å². The van der Waals surface area contributed by atoms with Gasteiger partial charge >= 0.3 is 0 Å². The van der Waals surface area contributed by atoms with Crippen LogP contribution in [0.4, 0.5) is 4.39 Å². The number of nitrogens with one attached hydrogen (secondary N) is 2.